The van der Waals surface area contributed by atoms with E-state index in [1.807, 2.05) is 0 Å². The van der Waals surface area contributed by atoms with Crippen molar-refractivity contribution in [1.82, 2.24) is 5.32 Å². The highest BCUT2D eigenvalue weighted by Crippen LogP contribution is 2.35. The molecule has 0 saturated carbocycles. The summed E-state index contributed by atoms with van der Waals surface area (Å²) in [5.41, 5.74) is 1.05. The first-order valence-electron chi connectivity index (χ1n) is 4.82. The van der Waals surface area contributed by atoms with Gasteiger partial charge in [-0.1, -0.05) is 24.3 Å². The molecule has 5 heteroatoms. The Hall–Kier alpha value is -1.07. The van der Waals surface area contributed by atoms with Crippen LogP contribution in [0.25, 0.3) is 0 Å². The highest BCUT2D eigenvalue weighted by molar-refractivity contribution is 5.25. The molecule has 1 aromatic carbocycles. The fourth-order valence-electron chi connectivity index (χ4n) is 1.47. The van der Waals surface area contributed by atoms with Gasteiger partial charge in [-0.3, -0.25) is 0 Å². The predicted octanol–water partition coefficient (Wildman–Crippen LogP) is 2.66. The van der Waals surface area contributed by atoms with Crippen LogP contribution in [0.3, 0.4) is 0 Å². The highest BCUT2D eigenvalue weighted by atomic mass is 19.4. The lowest BCUT2D eigenvalue weighted by molar-refractivity contribution is -0.215. The number of hydrogen-bond donors (Lipinski definition) is 1. The highest BCUT2D eigenvalue weighted by Gasteiger charge is 2.40. The summed E-state index contributed by atoms with van der Waals surface area (Å²) in [6.45, 7) is 0.629. The number of methoxy groups -OCH3 is 1. The zero-order valence-corrected chi connectivity index (χ0v) is 9.14. The van der Waals surface area contributed by atoms with Gasteiger partial charge in [-0.2, -0.15) is 13.2 Å². The third kappa shape index (κ3) is 3.21. The van der Waals surface area contributed by atoms with Gasteiger partial charge in [0.05, 0.1) is 0 Å². The molecule has 1 aromatic rings. The van der Waals surface area contributed by atoms with E-state index in [0.29, 0.717) is 6.54 Å². The Morgan fingerprint density at radius 1 is 1.25 bits per heavy atom. The standard InChI is InChI=1S/C11H14F3NO/c1-15-7-8-3-5-9(6-4-8)10(16-2)11(12,13)14/h3-6,10,15H,7H2,1-2H3. The first-order chi connectivity index (χ1) is 7.49. The molecule has 0 radical (unpaired) electrons. The largest absolute Gasteiger partial charge is 0.418 e. The van der Waals surface area contributed by atoms with E-state index in [1.54, 1.807) is 19.2 Å². The monoisotopic (exact) mass is 233 g/mol. The summed E-state index contributed by atoms with van der Waals surface area (Å²) >= 11 is 0. The van der Waals surface area contributed by atoms with Crippen LogP contribution in [-0.2, 0) is 11.3 Å². The number of alkyl halides is 3. The van der Waals surface area contributed by atoms with Gasteiger partial charge in [0.1, 0.15) is 0 Å². The van der Waals surface area contributed by atoms with E-state index in [4.69, 9.17) is 0 Å². The Morgan fingerprint density at radius 3 is 2.19 bits per heavy atom. The molecule has 0 spiro atoms. The zero-order valence-electron chi connectivity index (χ0n) is 9.14. The van der Waals surface area contributed by atoms with Crippen LogP contribution < -0.4 is 5.32 Å². The molecule has 16 heavy (non-hydrogen) atoms. The minimum absolute atomic E-state index is 0.120. The predicted molar refractivity (Wildman–Crippen MR) is 55.0 cm³/mol. The molecule has 0 saturated heterocycles. The number of rotatable bonds is 4. The van der Waals surface area contributed by atoms with Gasteiger partial charge in [0.15, 0.2) is 6.10 Å². The molecule has 1 atom stereocenters. The normalized spacial score (nSPS) is 13.8. The fourth-order valence-corrected chi connectivity index (χ4v) is 1.47. The molecular formula is C11H14F3NO. The minimum Gasteiger partial charge on any atom is -0.367 e. The van der Waals surface area contributed by atoms with Crippen LogP contribution in [-0.4, -0.2) is 20.3 Å². The van der Waals surface area contributed by atoms with Crippen molar-refractivity contribution in [3.8, 4) is 0 Å². The number of hydrogen-bond acceptors (Lipinski definition) is 2. The molecule has 90 valence electrons. The Morgan fingerprint density at radius 2 is 1.81 bits per heavy atom. The lowest BCUT2D eigenvalue weighted by Crippen LogP contribution is -2.22. The summed E-state index contributed by atoms with van der Waals surface area (Å²) in [5, 5.41) is 2.92. The summed E-state index contributed by atoms with van der Waals surface area (Å²) in [5.74, 6) is 0. The molecule has 0 fully saturated rings. The third-order valence-corrected chi connectivity index (χ3v) is 2.20. The Bertz CT molecular complexity index is 321. The maximum absolute atomic E-state index is 12.5. The van der Waals surface area contributed by atoms with Gasteiger partial charge in [-0.25, -0.2) is 0 Å². The van der Waals surface area contributed by atoms with Crippen LogP contribution in [0, 0.1) is 0 Å². The van der Waals surface area contributed by atoms with Crippen molar-refractivity contribution in [2.75, 3.05) is 14.2 Å². The molecule has 0 aliphatic heterocycles. The van der Waals surface area contributed by atoms with Gasteiger partial charge in [0.2, 0.25) is 0 Å². The van der Waals surface area contributed by atoms with E-state index in [-0.39, 0.29) is 5.56 Å². The van der Waals surface area contributed by atoms with Crippen molar-refractivity contribution in [3.63, 3.8) is 0 Å². The average molecular weight is 233 g/mol. The lowest BCUT2D eigenvalue weighted by atomic mass is 10.1. The number of ether oxygens (including phenoxy) is 1. The number of nitrogens with one attached hydrogen (secondary N) is 1. The van der Waals surface area contributed by atoms with Gasteiger partial charge < -0.3 is 10.1 Å². The molecule has 0 aliphatic carbocycles. The number of halogens is 3. The molecule has 1 unspecified atom stereocenters. The first kappa shape index (κ1) is 13.0. The Kier molecular flexibility index (Phi) is 4.32. The van der Waals surface area contributed by atoms with Crippen molar-refractivity contribution >= 4 is 0 Å². The maximum Gasteiger partial charge on any atom is 0.418 e. The van der Waals surface area contributed by atoms with Gasteiger partial charge in [0, 0.05) is 13.7 Å². The molecule has 1 N–H and O–H groups in total. The lowest BCUT2D eigenvalue weighted by Gasteiger charge is -2.19. The molecule has 0 aromatic heterocycles. The molecule has 0 aliphatic rings. The second-order valence-corrected chi connectivity index (χ2v) is 3.43. The van der Waals surface area contributed by atoms with Crippen LogP contribution in [0.2, 0.25) is 0 Å². The molecule has 0 bridgehead atoms. The Balaban J connectivity index is 2.87. The van der Waals surface area contributed by atoms with Gasteiger partial charge in [0.25, 0.3) is 0 Å². The van der Waals surface area contributed by atoms with E-state index < -0.39 is 12.3 Å². The molecule has 0 amide bonds. The quantitative estimate of drug-likeness (QED) is 0.863. The van der Waals surface area contributed by atoms with Gasteiger partial charge in [-0.05, 0) is 18.2 Å². The zero-order chi connectivity index (χ0) is 12.2. The molecule has 1 rings (SSSR count). The van der Waals surface area contributed by atoms with Gasteiger partial charge in [-0.15, -0.1) is 0 Å². The van der Waals surface area contributed by atoms with Crippen LogP contribution in [0.15, 0.2) is 24.3 Å². The summed E-state index contributed by atoms with van der Waals surface area (Å²) < 4.78 is 42.0. The van der Waals surface area contributed by atoms with Crippen molar-refractivity contribution in [2.24, 2.45) is 0 Å². The average Bonchev–Trinajstić information content (AvgIpc) is 2.20. The summed E-state index contributed by atoms with van der Waals surface area (Å²) in [6.07, 6.45) is -6.23. The number of benzene rings is 1. The summed E-state index contributed by atoms with van der Waals surface area (Å²) in [6, 6.07) is 6.19. The van der Waals surface area contributed by atoms with Crippen molar-refractivity contribution in [1.29, 1.82) is 0 Å². The van der Waals surface area contributed by atoms with Crippen molar-refractivity contribution in [3.05, 3.63) is 35.4 Å². The van der Waals surface area contributed by atoms with Gasteiger partial charge >= 0.3 is 6.18 Å². The molecular weight excluding hydrogens is 219 g/mol. The first-order valence-corrected chi connectivity index (χ1v) is 4.82. The van der Waals surface area contributed by atoms with Crippen molar-refractivity contribution in [2.45, 2.75) is 18.8 Å². The summed E-state index contributed by atoms with van der Waals surface area (Å²) in [4.78, 5) is 0. The van der Waals surface area contributed by atoms with E-state index in [2.05, 4.69) is 10.1 Å². The topological polar surface area (TPSA) is 21.3 Å². The molecule has 0 heterocycles. The van der Waals surface area contributed by atoms with Crippen LogP contribution in [0.5, 0.6) is 0 Å². The second kappa shape index (κ2) is 5.32. The van der Waals surface area contributed by atoms with Crippen LogP contribution in [0.4, 0.5) is 13.2 Å². The van der Waals surface area contributed by atoms with E-state index in [0.717, 1.165) is 12.7 Å². The third-order valence-electron chi connectivity index (χ3n) is 2.20. The van der Waals surface area contributed by atoms with E-state index in [1.165, 1.54) is 12.1 Å². The SMILES string of the molecule is CNCc1ccc(C(OC)C(F)(F)F)cc1. The smallest absolute Gasteiger partial charge is 0.367 e. The fraction of sp³-hybridized carbons (Fsp3) is 0.455. The summed E-state index contributed by atoms with van der Waals surface area (Å²) in [7, 11) is 2.83. The van der Waals surface area contributed by atoms with Crippen LogP contribution >= 0.6 is 0 Å². The maximum atomic E-state index is 12.5. The minimum atomic E-state index is -4.38. The van der Waals surface area contributed by atoms with E-state index >= 15 is 0 Å². The second-order valence-electron chi connectivity index (χ2n) is 3.43. The molecule has 2 nitrogen and oxygen atoms in total. The van der Waals surface area contributed by atoms with E-state index in [9.17, 15) is 13.2 Å². The Labute approximate surface area is 92.4 Å². The van der Waals surface area contributed by atoms with Crippen molar-refractivity contribution < 1.29 is 17.9 Å². The van der Waals surface area contributed by atoms with Crippen LogP contribution in [0.1, 0.15) is 17.2 Å².